The third kappa shape index (κ3) is 3.11. The molecule has 2 aromatic heterocycles. The third-order valence-corrected chi connectivity index (χ3v) is 4.04. The molecule has 0 spiro atoms. The standard InChI is InChI=1S/C13H17BrN4O2/c14-11-4-3-10-12(17-11)18-13(20-10)16-6-8-1-2-9(7-19)15-5-8/h3-4,8-9,15,19H,1-2,5-7H2,(H,16,17,18). The topological polar surface area (TPSA) is 83.2 Å². The quantitative estimate of drug-likeness (QED) is 0.735. The molecule has 1 fully saturated rings. The zero-order chi connectivity index (χ0) is 13.9. The fraction of sp³-hybridized carbons (Fsp3) is 0.538. The summed E-state index contributed by atoms with van der Waals surface area (Å²) in [4.78, 5) is 8.55. The van der Waals surface area contributed by atoms with Crippen molar-refractivity contribution < 1.29 is 9.52 Å². The van der Waals surface area contributed by atoms with Crippen molar-refractivity contribution in [2.24, 2.45) is 5.92 Å². The molecule has 6 nitrogen and oxygen atoms in total. The number of nitrogens with zero attached hydrogens (tertiary/aromatic N) is 2. The van der Waals surface area contributed by atoms with E-state index in [-0.39, 0.29) is 12.6 Å². The first-order valence-electron chi connectivity index (χ1n) is 6.76. The highest BCUT2D eigenvalue weighted by atomic mass is 79.9. The maximum atomic E-state index is 9.07. The van der Waals surface area contributed by atoms with Gasteiger partial charge in [0, 0.05) is 12.6 Å². The summed E-state index contributed by atoms with van der Waals surface area (Å²) in [6.45, 7) is 1.92. The Kier molecular flexibility index (Phi) is 4.18. The van der Waals surface area contributed by atoms with Gasteiger partial charge < -0.3 is 20.2 Å². The molecule has 0 radical (unpaired) electrons. The average Bonchev–Trinajstić information content (AvgIpc) is 2.87. The van der Waals surface area contributed by atoms with Crippen molar-refractivity contribution in [3.8, 4) is 0 Å². The van der Waals surface area contributed by atoms with E-state index in [9.17, 15) is 0 Å². The molecule has 7 heteroatoms. The van der Waals surface area contributed by atoms with Crippen molar-refractivity contribution in [1.29, 1.82) is 0 Å². The minimum absolute atomic E-state index is 0.214. The molecule has 0 bridgehead atoms. The molecule has 1 aliphatic rings. The van der Waals surface area contributed by atoms with E-state index in [1.165, 1.54) is 0 Å². The number of hydrogen-bond acceptors (Lipinski definition) is 6. The molecule has 3 rings (SSSR count). The maximum absolute atomic E-state index is 9.07. The summed E-state index contributed by atoms with van der Waals surface area (Å²) in [5.74, 6) is 0.521. The van der Waals surface area contributed by atoms with Gasteiger partial charge in [-0.25, -0.2) is 4.98 Å². The van der Waals surface area contributed by atoms with Crippen LogP contribution in [0.5, 0.6) is 0 Å². The number of aromatic nitrogens is 2. The Morgan fingerprint density at radius 2 is 2.30 bits per heavy atom. The monoisotopic (exact) mass is 340 g/mol. The van der Waals surface area contributed by atoms with E-state index in [2.05, 4.69) is 36.5 Å². The largest absolute Gasteiger partial charge is 0.422 e. The molecule has 0 saturated carbocycles. The number of halogens is 1. The Balaban J connectivity index is 1.57. The van der Waals surface area contributed by atoms with Crippen LogP contribution in [-0.2, 0) is 0 Å². The van der Waals surface area contributed by atoms with Gasteiger partial charge in [-0.2, -0.15) is 4.98 Å². The van der Waals surface area contributed by atoms with Crippen LogP contribution in [0.3, 0.4) is 0 Å². The highest BCUT2D eigenvalue weighted by Crippen LogP contribution is 2.20. The number of nitrogens with one attached hydrogen (secondary N) is 2. The number of hydrogen-bond donors (Lipinski definition) is 3. The van der Waals surface area contributed by atoms with Crippen LogP contribution in [0.4, 0.5) is 6.01 Å². The Bertz CT molecular complexity index is 581. The predicted octanol–water partition coefficient (Wildman–Crippen LogP) is 1.76. The number of aliphatic hydroxyl groups excluding tert-OH is 1. The number of fused-ring (bicyclic) bond motifs is 1. The number of anilines is 1. The van der Waals surface area contributed by atoms with Crippen LogP contribution in [0.1, 0.15) is 12.8 Å². The molecule has 2 atom stereocenters. The van der Waals surface area contributed by atoms with Gasteiger partial charge in [-0.05, 0) is 53.4 Å². The van der Waals surface area contributed by atoms with Gasteiger partial charge in [-0.15, -0.1) is 0 Å². The Labute approximate surface area is 125 Å². The van der Waals surface area contributed by atoms with Gasteiger partial charge in [0.25, 0.3) is 6.01 Å². The van der Waals surface area contributed by atoms with E-state index in [0.717, 1.165) is 30.5 Å². The summed E-state index contributed by atoms with van der Waals surface area (Å²) in [6.07, 6.45) is 2.10. The number of rotatable bonds is 4. The minimum atomic E-state index is 0.214. The van der Waals surface area contributed by atoms with Gasteiger partial charge >= 0.3 is 0 Å². The second-order valence-corrected chi connectivity index (χ2v) is 5.90. The lowest BCUT2D eigenvalue weighted by Crippen LogP contribution is -2.42. The van der Waals surface area contributed by atoms with Crippen molar-refractivity contribution in [1.82, 2.24) is 15.3 Å². The van der Waals surface area contributed by atoms with Gasteiger partial charge in [0.2, 0.25) is 5.65 Å². The smallest absolute Gasteiger partial charge is 0.297 e. The SMILES string of the molecule is OCC1CCC(CNc2nc3nc(Br)ccc3o2)CN1. The van der Waals surface area contributed by atoms with Crippen LogP contribution in [-0.4, -0.2) is 40.8 Å². The Morgan fingerprint density at radius 3 is 3.05 bits per heavy atom. The number of piperidine rings is 1. The fourth-order valence-corrected chi connectivity index (χ4v) is 2.71. The van der Waals surface area contributed by atoms with Crippen LogP contribution >= 0.6 is 15.9 Å². The van der Waals surface area contributed by atoms with Gasteiger partial charge in [-0.3, -0.25) is 0 Å². The molecule has 1 saturated heterocycles. The van der Waals surface area contributed by atoms with Crippen molar-refractivity contribution in [3.05, 3.63) is 16.7 Å². The molecule has 0 amide bonds. The van der Waals surface area contributed by atoms with Crippen molar-refractivity contribution in [3.63, 3.8) is 0 Å². The normalized spacial score (nSPS) is 23.1. The lowest BCUT2D eigenvalue weighted by Gasteiger charge is -2.28. The highest BCUT2D eigenvalue weighted by molar-refractivity contribution is 9.10. The minimum Gasteiger partial charge on any atom is -0.422 e. The van der Waals surface area contributed by atoms with E-state index in [4.69, 9.17) is 9.52 Å². The van der Waals surface area contributed by atoms with E-state index < -0.39 is 0 Å². The van der Waals surface area contributed by atoms with Gasteiger partial charge in [-0.1, -0.05) is 0 Å². The summed E-state index contributed by atoms with van der Waals surface area (Å²) < 4.78 is 6.34. The van der Waals surface area contributed by atoms with Crippen molar-refractivity contribution in [2.45, 2.75) is 18.9 Å². The van der Waals surface area contributed by atoms with Crippen LogP contribution in [0, 0.1) is 5.92 Å². The summed E-state index contributed by atoms with van der Waals surface area (Å²) in [6, 6.07) is 4.43. The first kappa shape index (κ1) is 13.8. The van der Waals surface area contributed by atoms with Gasteiger partial charge in [0.05, 0.1) is 6.61 Å². The summed E-state index contributed by atoms with van der Waals surface area (Å²) in [5.41, 5.74) is 1.28. The lowest BCUT2D eigenvalue weighted by molar-refractivity contribution is 0.201. The zero-order valence-electron chi connectivity index (χ0n) is 11.0. The molecule has 3 heterocycles. The zero-order valence-corrected chi connectivity index (χ0v) is 12.6. The molecular weight excluding hydrogens is 324 g/mol. The van der Waals surface area contributed by atoms with Crippen molar-refractivity contribution in [2.75, 3.05) is 25.0 Å². The van der Waals surface area contributed by atoms with Crippen molar-refractivity contribution >= 4 is 33.2 Å². The lowest BCUT2D eigenvalue weighted by atomic mass is 9.95. The molecule has 0 aliphatic carbocycles. The maximum Gasteiger partial charge on any atom is 0.297 e. The Morgan fingerprint density at radius 1 is 1.40 bits per heavy atom. The predicted molar refractivity (Wildman–Crippen MR) is 79.6 cm³/mol. The molecule has 2 aromatic rings. The van der Waals surface area contributed by atoms with Crippen LogP contribution in [0.25, 0.3) is 11.2 Å². The molecule has 2 unspecified atom stereocenters. The second kappa shape index (κ2) is 6.07. The fourth-order valence-electron chi connectivity index (χ4n) is 2.41. The second-order valence-electron chi connectivity index (χ2n) is 5.09. The molecule has 20 heavy (non-hydrogen) atoms. The number of aliphatic hydroxyl groups is 1. The van der Waals surface area contributed by atoms with E-state index in [0.29, 0.717) is 23.2 Å². The molecule has 0 aromatic carbocycles. The highest BCUT2D eigenvalue weighted by Gasteiger charge is 2.20. The number of pyridine rings is 1. The average molecular weight is 341 g/mol. The molecular formula is C13H17BrN4O2. The van der Waals surface area contributed by atoms with Gasteiger partial charge in [0.1, 0.15) is 4.60 Å². The Hall–Kier alpha value is -1.18. The first-order chi connectivity index (χ1) is 9.74. The van der Waals surface area contributed by atoms with E-state index >= 15 is 0 Å². The van der Waals surface area contributed by atoms with Crippen LogP contribution < -0.4 is 10.6 Å². The molecule has 3 N–H and O–H groups in total. The molecule has 1 aliphatic heterocycles. The summed E-state index contributed by atoms with van der Waals surface area (Å²) >= 11 is 3.31. The third-order valence-electron chi connectivity index (χ3n) is 3.60. The first-order valence-corrected chi connectivity index (χ1v) is 7.55. The summed E-state index contributed by atoms with van der Waals surface area (Å²) in [5, 5.41) is 15.6. The van der Waals surface area contributed by atoms with Crippen LogP contribution in [0.2, 0.25) is 0 Å². The van der Waals surface area contributed by atoms with E-state index in [1.54, 1.807) is 0 Å². The number of oxazole rings is 1. The van der Waals surface area contributed by atoms with Gasteiger partial charge in [0.15, 0.2) is 5.58 Å². The molecule has 108 valence electrons. The van der Waals surface area contributed by atoms with E-state index in [1.807, 2.05) is 12.1 Å². The van der Waals surface area contributed by atoms with Crippen LogP contribution in [0.15, 0.2) is 21.2 Å². The summed E-state index contributed by atoms with van der Waals surface area (Å²) in [7, 11) is 0.